The van der Waals surface area contributed by atoms with Gasteiger partial charge in [0, 0.05) is 53.2 Å². The fourth-order valence-corrected chi connectivity index (χ4v) is 9.06. The van der Waals surface area contributed by atoms with Crippen LogP contribution in [0.5, 0.6) is 0 Å². The van der Waals surface area contributed by atoms with Crippen molar-refractivity contribution < 1.29 is 0 Å². The summed E-state index contributed by atoms with van der Waals surface area (Å²) in [4.78, 5) is 10.6. The van der Waals surface area contributed by atoms with Gasteiger partial charge in [-0.15, -0.1) is 22.7 Å². The normalized spacial score (nSPS) is 15.2. The molecule has 0 fully saturated rings. The van der Waals surface area contributed by atoms with Crippen molar-refractivity contribution >= 4 is 86.2 Å². The summed E-state index contributed by atoms with van der Waals surface area (Å²) in [6.07, 6.45) is 0.709. The van der Waals surface area contributed by atoms with Crippen LogP contribution in [0.2, 0.25) is 5.02 Å². The molecule has 0 amide bonds. The molecular formula is C40H25ClN2S2. The number of benzene rings is 6. The van der Waals surface area contributed by atoms with Gasteiger partial charge in [-0.05, 0) is 41.0 Å². The van der Waals surface area contributed by atoms with Crippen molar-refractivity contribution in [2.75, 3.05) is 0 Å². The van der Waals surface area contributed by atoms with Gasteiger partial charge in [-0.25, -0.2) is 4.99 Å². The highest BCUT2D eigenvalue weighted by Crippen LogP contribution is 2.42. The summed E-state index contributed by atoms with van der Waals surface area (Å²) in [6, 6.07) is 47.3. The molecule has 0 N–H and O–H groups in total. The summed E-state index contributed by atoms with van der Waals surface area (Å²) in [7, 11) is 0. The Morgan fingerprint density at radius 2 is 1.24 bits per heavy atom. The van der Waals surface area contributed by atoms with Crippen LogP contribution in [0.3, 0.4) is 0 Å². The highest BCUT2D eigenvalue weighted by atomic mass is 35.5. The number of rotatable bonds is 4. The molecule has 6 aromatic carbocycles. The van der Waals surface area contributed by atoms with E-state index in [2.05, 4.69) is 127 Å². The lowest BCUT2D eigenvalue weighted by Gasteiger charge is -2.22. The first-order chi connectivity index (χ1) is 22.2. The van der Waals surface area contributed by atoms with Crippen LogP contribution >= 0.6 is 34.3 Å². The molecule has 1 aliphatic rings. The Morgan fingerprint density at radius 1 is 0.578 bits per heavy atom. The van der Waals surface area contributed by atoms with Crippen molar-refractivity contribution in [2.24, 2.45) is 9.98 Å². The molecule has 8 aromatic rings. The lowest BCUT2D eigenvalue weighted by Crippen LogP contribution is -2.17. The Balaban J connectivity index is 1.21. The SMILES string of the molecule is Clc1ccc(C2=NC(c3ccc4c(c3)sc3ccccc34)=N[C@@H](c3ccc(-c4ccccc4)cc3)C2)c2c1sc1ccccc12. The monoisotopic (exact) mass is 632 g/mol. The van der Waals surface area contributed by atoms with E-state index in [-0.39, 0.29) is 6.04 Å². The van der Waals surface area contributed by atoms with Gasteiger partial charge in [-0.3, -0.25) is 4.99 Å². The van der Waals surface area contributed by atoms with E-state index in [0.717, 1.165) is 32.4 Å². The number of nitrogens with zero attached hydrogens (tertiary/aromatic N) is 2. The smallest absolute Gasteiger partial charge is 0.155 e. The third-order valence-corrected chi connectivity index (χ3v) is 11.5. The Hall–Kier alpha value is -4.61. The van der Waals surface area contributed by atoms with E-state index >= 15 is 0 Å². The van der Waals surface area contributed by atoms with Crippen LogP contribution in [-0.2, 0) is 0 Å². The van der Waals surface area contributed by atoms with Crippen LogP contribution < -0.4 is 0 Å². The molecule has 9 rings (SSSR count). The Bertz CT molecular complexity index is 2470. The molecule has 0 saturated heterocycles. The van der Waals surface area contributed by atoms with Gasteiger partial charge >= 0.3 is 0 Å². The van der Waals surface area contributed by atoms with E-state index in [4.69, 9.17) is 21.6 Å². The van der Waals surface area contributed by atoms with Gasteiger partial charge in [0.05, 0.1) is 21.5 Å². The van der Waals surface area contributed by atoms with Gasteiger partial charge in [0.25, 0.3) is 0 Å². The third-order valence-electron chi connectivity index (χ3n) is 8.73. The predicted octanol–water partition coefficient (Wildman–Crippen LogP) is 12.1. The fourth-order valence-electron chi connectivity index (χ4n) is 6.51. The molecule has 2 nitrogen and oxygen atoms in total. The highest BCUT2D eigenvalue weighted by Gasteiger charge is 2.25. The first-order valence-electron chi connectivity index (χ1n) is 15.0. The molecule has 0 radical (unpaired) electrons. The minimum absolute atomic E-state index is 0.0638. The summed E-state index contributed by atoms with van der Waals surface area (Å²) in [5, 5.41) is 5.75. The van der Waals surface area contributed by atoms with Crippen LogP contribution in [0, 0.1) is 0 Å². The van der Waals surface area contributed by atoms with Gasteiger partial charge < -0.3 is 0 Å². The van der Waals surface area contributed by atoms with Crippen LogP contribution in [0.4, 0.5) is 0 Å². The second-order valence-electron chi connectivity index (χ2n) is 11.4. The number of thiophene rings is 2. The minimum atomic E-state index is -0.0638. The lowest BCUT2D eigenvalue weighted by molar-refractivity contribution is 0.754. The van der Waals surface area contributed by atoms with Gasteiger partial charge in [0.1, 0.15) is 0 Å². The highest BCUT2D eigenvalue weighted by molar-refractivity contribution is 7.26. The molecular weight excluding hydrogens is 608 g/mol. The number of fused-ring (bicyclic) bond motifs is 6. The largest absolute Gasteiger partial charge is 0.258 e. The van der Waals surface area contributed by atoms with Crippen molar-refractivity contribution in [3.05, 3.63) is 155 Å². The topological polar surface area (TPSA) is 24.7 Å². The molecule has 1 aliphatic heterocycles. The molecule has 45 heavy (non-hydrogen) atoms. The Morgan fingerprint density at radius 3 is 2.07 bits per heavy atom. The van der Waals surface area contributed by atoms with Crippen molar-refractivity contribution in [1.82, 2.24) is 0 Å². The van der Waals surface area contributed by atoms with E-state index in [9.17, 15) is 0 Å². The second kappa shape index (κ2) is 10.8. The number of hydrogen-bond acceptors (Lipinski definition) is 4. The van der Waals surface area contributed by atoms with Crippen LogP contribution in [0.15, 0.2) is 143 Å². The third kappa shape index (κ3) is 4.60. The molecule has 3 heterocycles. The van der Waals surface area contributed by atoms with Crippen molar-refractivity contribution in [2.45, 2.75) is 12.5 Å². The molecule has 214 valence electrons. The summed E-state index contributed by atoms with van der Waals surface area (Å²) < 4.78 is 4.89. The summed E-state index contributed by atoms with van der Waals surface area (Å²) in [5.41, 5.74) is 6.81. The average molecular weight is 633 g/mol. The second-order valence-corrected chi connectivity index (χ2v) is 14.0. The maximum absolute atomic E-state index is 6.79. The van der Waals surface area contributed by atoms with Crippen LogP contribution in [0.1, 0.15) is 29.2 Å². The first-order valence-corrected chi connectivity index (χ1v) is 17.0. The van der Waals surface area contributed by atoms with Gasteiger partial charge in [-0.2, -0.15) is 0 Å². The lowest BCUT2D eigenvalue weighted by atomic mass is 9.92. The van der Waals surface area contributed by atoms with Gasteiger partial charge in [0.2, 0.25) is 0 Å². The number of halogens is 1. The molecule has 1 atom stereocenters. The quantitative estimate of drug-likeness (QED) is 0.184. The van der Waals surface area contributed by atoms with E-state index in [0.29, 0.717) is 6.42 Å². The van der Waals surface area contributed by atoms with E-state index in [1.165, 1.54) is 52.3 Å². The molecule has 5 heteroatoms. The van der Waals surface area contributed by atoms with Crippen molar-refractivity contribution in [1.29, 1.82) is 0 Å². The maximum atomic E-state index is 6.79. The zero-order chi connectivity index (χ0) is 29.9. The number of hydrogen-bond donors (Lipinski definition) is 0. The minimum Gasteiger partial charge on any atom is -0.258 e. The van der Waals surface area contributed by atoms with Gasteiger partial charge in [-0.1, -0.05) is 121 Å². The maximum Gasteiger partial charge on any atom is 0.155 e. The average Bonchev–Trinajstić information content (AvgIpc) is 3.68. The fraction of sp³-hybridized carbons (Fsp3) is 0.0500. The Kier molecular flexibility index (Phi) is 6.41. The summed E-state index contributed by atoms with van der Waals surface area (Å²) in [5.74, 6) is 0.773. The first kappa shape index (κ1) is 26.8. The Labute approximate surface area is 273 Å². The molecule has 2 aromatic heterocycles. The van der Waals surface area contributed by atoms with Crippen LogP contribution in [-0.4, -0.2) is 11.5 Å². The predicted molar refractivity (Wildman–Crippen MR) is 196 cm³/mol. The summed E-state index contributed by atoms with van der Waals surface area (Å²) >= 11 is 10.4. The zero-order valence-electron chi connectivity index (χ0n) is 24.1. The molecule has 0 aliphatic carbocycles. The zero-order valence-corrected chi connectivity index (χ0v) is 26.5. The molecule has 0 bridgehead atoms. The van der Waals surface area contributed by atoms with E-state index < -0.39 is 0 Å². The van der Waals surface area contributed by atoms with Crippen LogP contribution in [0.25, 0.3) is 51.5 Å². The molecule has 0 unspecified atom stereocenters. The molecule has 0 saturated carbocycles. The van der Waals surface area contributed by atoms with E-state index in [1.54, 1.807) is 11.3 Å². The van der Waals surface area contributed by atoms with Crippen molar-refractivity contribution in [3.8, 4) is 11.1 Å². The van der Waals surface area contributed by atoms with E-state index in [1.807, 2.05) is 17.4 Å². The van der Waals surface area contributed by atoms with Crippen molar-refractivity contribution in [3.63, 3.8) is 0 Å². The number of aliphatic imine (C=N–C) groups is 2. The number of amidine groups is 1. The van der Waals surface area contributed by atoms with Gasteiger partial charge in [0.15, 0.2) is 5.84 Å². The molecule has 0 spiro atoms. The standard InChI is InChI=1S/C40H25ClN2S2/c41-32-21-20-30(38-31-11-5-7-13-36(31)45-39(32)38)34-23-33(26-16-14-25(15-17-26)24-8-2-1-3-9-24)42-40(43-34)27-18-19-29-28-10-4-6-12-35(28)44-37(29)22-27/h1-22,33H,23H2/t33-/m1/s1. The summed E-state index contributed by atoms with van der Waals surface area (Å²) in [6.45, 7) is 0.